The van der Waals surface area contributed by atoms with Gasteiger partial charge in [0, 0.05) is 20.0 Å². The van der Waals surface area contributed by atoms with Crippen LogP contribution in [0.15, 0.2) is 0 Å². The van der Waals surface area contributed by atoms with Gasteiger partial charge in [-0.3, -0.25) is 0 Å². The van der Waals surface area contributed by atoms with Gasteiger partial charge in [0.15, 0.2) is 6.29 Å². The second-order valence-electron chi connectivity index (χ2n) is 6.78. The lowest BCUT2D eigenvalue weighted by molar-refractivity contribution is -0.498. The molecule has 0 aliphatic carbocycles. The van der Waals surface area contributed by atoms with Crippen molar-refractivity contribution in [2.24, 2.45) is 0 Å². The number of hydrogen-bond donors (Lipinski definition) is 1. The quantitative estimate of drug-likeness (QED) is 0.766. The highest BCUT2D eigenvalue weighted by Crippen LogP contribution is 2.50. The van der Waals surface area contributed by atoms with Crippen molar-refractivity contribution < 1.29 is 33.5 Å². The van der Waals surface area contributed by atoms with Crippen LogP contribution in [0.25, 0.3) is 0 Å². The minimum atomic E-state index is -0.941. The monoisotopic (exact) mass is 330 g/mol. The Morgan fingerprint density at radius 1 is 0.957 bits per heavy atom. The summed E-state index contributed by atoms with van der Waals surface area (Å²) >= 11 is 0. The van der Waals surface area contributed by atoms with E-state index < -0.39 is 30.1 Å². The highest BCUT2D eigenvalue weighted by molar-refractivity contribution is 5.01. The number of aliphatic hydroxyl groups is 1. The molecule has 0 bridgehead atoms. The average molecular weight is 330 g/mol. The Balaban J connectivity index is 1.64. The Labute approximate surface area is 136 Å². The fourth-order valence-corrected chi connectivity index (χ4v) is 4.18. The van der Waals surface area contributed by atoms with Crippen LogP contribution in [0.1, 0.15) is 38.5 Å². The van der Waals surface area contributed by atoms with E-state index in [2.05, 4.69) is 0 Å². The number of rotatable bonds is 1. The molecular weight excluding hydrogens is 304 g/mol. The fraction of sp³-hybridized carbons (Fsp3) is 1.00. The van der Waals surface area contributed by atoms with Gasteiger partial charge in [-0.1, -0.05) is 0 Å². The van der Waals surface area contributed by atoms with E-state index >= 15 is 0 Å². The van der Waals surface area contributed by atoms with Crippen LogP contribution in [0, 0.1) is 0 Å². The molecule has 0 aromatic heterocycles. The van der Waals surface area contributed by atoms with E-state index in [-0.39, 0.29) is 6.10 Å². The number of methoxy groups -OCH3 is 1. The summed E-state index contributed by atoms with van der Waals surface area (Å²) in [7, 11) is 1.51. The lowest BCUT2D eigenvalue weighted by Gasteiger charge is -2.59. The molecule has 132 valence electrons. The van der Waals surface area contributed by atoms with E-state index in [0.717, 1.165) is 32.1 Å². The molecule has 4 fully saturated rings. The normalized spacial score (nSPS) is 50.9. The number of aliphatic hydroxyl groups excluding tert-OH is 1. The summed E-state index contributed by atoms with van der Waals surface area (Å²) in [6, 6.07) is 0. The van der Waals surface area contributed by atoms with Crippen molar-refractivity contribution >= 4 is 0 Å². The maximum Gasteiger partial charge on any atom is 0.224 e. The van der Waals surface area contributed by atoms with Crippen LogP contribution in [-0.2, 0) is 28.4 Å². The molecule has 0 saturated carbocycles. The first-order valence-electron chi connectivity index (χ1n) is 8.66. The Morgan fingerprint density at radius 3 is 2.17 bits per heavy atom. The molecule has 4 rings (SSSR count). The second kappa shape index (κ2) is 6.22. The number of hydrogen-bond acceptors (Lipinski definition) is 7. The Bertz CT molecular complexity index is 417. The second-order valence-corrected chi connectivity index (χ2v) is 6.78. The predicted octanol–water partition coefficient (Wildman–Crippen LogP) is 0.928. The maximum absolute atomic E-state index is 10.5. The van der Waals surface area contributed by atoms with Crippen molar-refractivity contribution in [1.82, 2.24) is 0 Å². The van der Waals surface area contributed by atoms with Crippen LogP contribution in [-0.4, -0.2) is 68.2 Å². The standard InChI is InChI=1S/C16H26O7/c1-18-14-12(17)13-11(10-19-14)22-15(6-2-4-8-20-15)16(23-13)7-3-5-9-21-16/h11-14,17H,2-10H2,1H3/t11-,12+,13+,14+,15+,16+/m1/s1. The Hall–Kier alpha value is -0.280. The van der Waals surface area contributed by atoms with Gasteiger partial charge in [0.2, 0.25) is 11.6 Å². The van der Waals surface area contributed by atoms with Gasteiger partial charge in [-0.05, 0) is 25.7 Å². The minimum absolute atomic E-state index is 0.307. The fourth-order valence-electron chi connectivity index (χ4n) is 4.18. The van der Waals surface area contributed by atoms with E-state index in [4.69, 9.17) is 28.4 Å². The van der Waals surface area contributed by atoms with Crippen LogP contribution >= 0.6 is 0 Å². The van der Waals surface area contributed by atoms with Gasteiger partial charge < -0.3 is 33.5 Å². The first-order chi connectivity index (χ1) is 11.2. The molecule has 7 nitrogen and oxygen atoms in total. The third-order valence-electron chi connectivity index (χ3n) is 5.36. The average Bonchev–Trinajstić information content (AvgIpc) is 2.59. The molecule has 4 heterocycles. The van der Waals surface area contributed by atoms with E-state index in [9.17, 15) is 5.11 Å². The highest BCUT2D eigenvalue weighted by Gasteiger charge is 2.65. The number of ether oxygens (including phenoxy) is 6. The molecule has 4 saturated heterocycles. The summed E-state index contributed by atoms with van der Waals surface area (Å²) in [6.07, 6.45) is 2.92. The molecule has 4 aliphatic heterocycles. The minimum Gasteiger partial charge on any atom is -0.385 e. The zero-order valence-electron chi connectivity index (χ0n) is 13.6. The molecule has 2 spiro atoms. The SMILES string of the molecule is CO[C@H]1OC[C@H]2O[C@@]3(CCCCO3)[C@]3(CCCCO3)O[C@@H]2[C@@H]1O. The predicted molar refractivity (Wildman–Crippen MR) is 77.6 cm³/mol. The van der Waals surface area contributed by atoms with Crippen molar-refractivity contribution in [2.45, 2.75) is 74.7 Å². The van der Waals surface area contributed by atoms with Gasteiger partial charge in [-0.2, -0.15) is 0 Å². The lowest BCUT2D eigenvalue weighted by atomic mass is 9.87. The topological polar surface area (TPSA) is 75.6 Å². The third kappa shape index (κ3) is 2.54. The smallest absolute Gasteiger partial charge is 0.224 e. The molecule has 0 aromatic carbocycles. The van der Waals surface area contributed by atoms with E-state index in [0.29, 0.717) is 26.2 Å². The van der Waals surface area contributed by atoms with Gasteiger partial charge in [0.05, 0.1) is 19.8 Å². The summed E-state index contributed by atoms with van der Waals surface area (Å²) in [5, 5.41) is 10.5. The molecule has 4 aliphatic rings. The molecule has 6 atom stereocenters. The summed E-state index contributed by atoms with van der Waals surface area (Å²) < 4.78 is 35.7. The van der Waals surface area contributed by atoms with Crippen molar-refractivity contribution in [2.75, 3.05) is 26.9 Å². The summed E-state index contributed by atoms with van der Waals surface area (Å²) in [5.41, 5.74) is 0. The highest BCUT2D eigenvalue weighted by atomic mass is 16.8. The molecule has 1 N–H and O–H groups in total. The molecule has 0 aromatic rings. The van der Waals surface area contributed by atoms with Gasteiger partial charge in [-0.15, -0.1) is 0 Å². The molecule has 0 amide bonds. The van der Waals surface area contributed by atoms with Crippen LogP contribution in [0.2, 0.25) is 0 Å². The molecular formula is C16H26O7. The number of fused-ring (bicyclic) bond motifs is 2. The molecule has 23 heavy (non-hydrogen) atoms. The van der Waals surface area contributed by atoms with Crippen molar-refractivity contribution in [3.63, 3.8) is 0 Å². The van der Waals surface area contributed by atoms with Gasteiger partial charge in [0.25, 0.3) is 0 Å². The van der Waals surface area contributed by atoms with Crippen LogP contribution in [0.5, 0.6) is 0 Å². The molecule has 0 radical (unpaired) electrons. The first-order valence-corrected chi connectivity index (χ1v) is 8.66. The van der Waals surface area contributed by atoms with Crippen molar-refractivity contribution in [1.29, 1.82) is 0 Å². The zero-order valence-corrected chi connectivity index (χ0v) is 13.6. The van der Waals surface area contributed by atoms with Gasteiger partial charge >= 0.3 is 0 Å². The lowest BCUT2D eigenvalue weighted by Crippen LogP contribution is -2.74. The van der Waals surface area contributed by atoms with Crippen LogP contribution in [0.4, 0.5) is 0 Å². The van der Waals surface area contributed by atoms with Crippen LogP contribution < -0.4 is 0 Å². The first kappa shape index (κ1) is 16.2. The van der Waals surface area contributed by atoms with E-state index in [1.165, 1.54) is 7.11 Å². The van der Waals surface area contributed by atoms with Crippen LogP contribution in [0.3, 0.4) is 0 Å². The molecule has 7 heteroatoms. The third-order valence-corrected chi connectivity index (χ3v) is 5.36. The molecule has 0 unspecified atom stereocenters. The van der Waals surface area contributed by atoms with Gasteiger partial charge in [-0.25, -0.2) is 0 Å². The summed E-state index contributed by atoms with van der Waals surface area (Å²) in [6.45, 7) is 1.56. The Kier molecular flexibility index (Phi) is 4.38. The summed E-state index contributed by atoms with van der Waals surface area (Å²) in [5.74, 6) is -1.83. The van der Waals surface area contributed by atoms with E-state index in [1.807, 2.05) is 0 Å². The summed E-state index contributed by atoms with van der Waals surface area (Å²) in [4.78, 5) is 0. The van der Waals surface area contributed by atoms with Crippen molar-refractivity contribution in [3.05, 3.63) is 0 Å². The van der Waals surface area contributed by atoms with E-state index in [1.54, 1.807) is 0 Å². The van der Waals surface area contributed by atoms with Gasteiger partial charge in [0.1, 0.15) is 18.3 Å². The zero-order chi connectivity index (χ0) is 15.9. The largest absolute Gasteiger partial charge is 0.385 e. The maximum atomic E-state index is 10.5. The Morgan fingerprint density at radius 2 is 1.61 bits per heavy atom. The van der Waals surface area contributed by atoms with Crippen molar-refractivity contribution in [3.8, 4) is 0 Å².